The molecule has 4 amide bonds. The second-order valence-electron chi connectivity index (χ2n) is 8.83. The molecule has 2 atom stereocenters. The Bertz CT molecular complexity index is 851. The van der Waals surface area contributed by atoms with E-state index in [1.165, 1.54) is 9.80 Å². The van der Waals surface area contributed by atoms with Crippen LogP contribution in [0, 0.1) is 11.3 Å². The van der Waals surface area contributed by atoms with E-state index < -0.39 is 11.6 Å². The number of carbonyl (C=O) groups excluding carboxylic acids is 3. The van der Waals surface area contributed by atoms with E-state index in [2.05, 4.69) is 24.5 Å². The van der Waals surface area contributed by atoms with Gasteiger partial charge in [-0.15, -0.1) is 0 Å². The largest absolute Gasteiger partial charge is 0.342 e. The summed E-state index contributed by atoms with van der Waals surface area (Å²) in [5, 5.41) is 13.9. The molecule has 2 saturated heterocycles. The van der Waals surface area contributed by atoms with Gasteiger partial charge in [-0.3, -0.25) is 24.8 Å². The van der Waals surface area contributed by atoms with Crippen molar-refractivity contribution in [3.8, 4) is 0 Å². The summed E-state index contributed by atoms with van der Waals surface area (Å²) < 4.78 is 0. The molecule has 0 aromatic heterocycles. The lowest BCUT2D eigenvalue weighted by atomic mass is 9.91. The minimum absolute atomic E-state index is 0.0911. The van der Waals surface area contributed by atoms with Crippen LogP contribution < -0.4 is 10.6 Å². The molecule has 0 saturated carbocycles. The summed E-state index contributed by atoms with van der Waals surface area (Å²) in [6, 6.07) is 6.67. The summed E-state index contributed by atoms with van der Waals surface area (Å²) >= 11 is 0. The van der Waals surface area contributed by atoms with E-state index in [0.29, 0.717) is 25.3 Å². The number of guanidine groups is 1. The molecule has 2 fully saturated rings. The Balaban J connectivity index is 1.64. The second-order valence-corrected chi connectivity index (χ2v) is 8.83. The van der Waals surface area contributed by atoms with Crippen molar-refractivity contribution in [2.75, 3.05) is 0 Å². The molecule has 2 heterocycles. The third kappa shape index (κ3) is 4.32. The maximum Gasteiger partial charge on any atom is 0.325 e. The van der Waals surface area contributed by atoms with E-state index in [4.69, 9.17) is 5.41 Å². The lowest BCUT2D eigenvalue weighted by Crippen LogP contribution is -2.44. The number of benzene rings is 1. The smallest absolute Gasteiger partial charge is 0.325 e. The van der Waals surface area contributed by atoms with Crippen molar-refractivity contribution in [3.05, 3.63) is 35.4 Å². The maximum absolute atomic E-state index is 12.9. The molecule has 1 unspecified atom stereocenters. The minimum atomic E-state index is -0.746. The zero-order valence-electron chi connectivity index (χ0n) is 18.1. The summed E-state index contributed by atoms with van der Waals surface area (Å²) in [5.41, 5.74) is 0.975. The number of rotatable bonds is 8. The number of carbonyl (C=O) groups is 3. The number of hydrogen-bond acceptors (Lipinski definition) is 4. The molecule has 0 spiro atoms. The molecule has 1 aromatic carbocycles. The van der Waals surface area contributed by atoms with Gasteiger partial charge in [0.15, 0.2) is 5.96 Å². The van der Waals surface area contributed by atoms with Crippen molar-refractivity contribution >= 4 is 23.8 Å². The normalized spacial score (nSPS) is 24.1. The monoisotopic (exact) mass is 413 g/mol. The zero-order valence-corrected chi connectivity index (χ0v) is 18.1. The third-order valence-electron chi connectivity index (χ3n) is 5.59. The maximum atomic E-state index is 12.9. The predicted octanol–water partition coefficient (Wildman–Crippen LogP) is 2.58. The van der Waals surface area contributed by atoms with Crippen molar-refractivity contribution < 1.29 is 14.4 Å². The van der Waals surface area contributed by atoms with Crippen LogP contribution in [0.2, 0.25) is 0 Å². The quantitative estimate of drug-likeness (QED) is 0.570. The van der Waals surface area contributed by atoms with Crippen LogP contribution >= 0.6 is 0 Å². The van der Waals surface area contributed by atoms with Gasteiger partial charge in [0.25, 0.3) is 11.8 Å². The van der Waals surface area contributed by atoms with E-state index >= 15 is 0 Å². The molecule has 1 aromatic rings. The molecular formula is C22H31N5O3. The van der Waals surface area contributed by atoms with Gasteiger partial charge in [-0.1, -0.05) is 51.5 Å². The number of hydrogen-bond donors (Lipinski definition) is 3. The van der Waals surface area contributed by atoms with Gasteiger partial charge in [0.2, 0.25) is 0 Å². The highest BCUT2D eigenvalue weighted by Gasteiger charge is 2.45. The lowest BCUT2D eigenvalue weighted by molar-refractivity contribution is -0.131. The molecule has 2 aliphatic heterocycles. The van der Waals surface area contributed by atoms with Crippen LogP contribution in [0.3, 0.4) is 0 Å². The Morgan fingerprint density at radius 3 is 2.17 bits per heavy atom. The fourth-order valence-corrected chi connectivity index (χ4v) is 4.21. The van der Waals surface area contributed by atoms with Crippen molar-refractivity contribution in [2.45, 2.75) is 71.6 Å². The van der Waals surface area contributed by atoms with Crippen molar-refractivity contribution in [1.82, 2.24) is 20.4 Å². The Morgan fingerprint density at radius 2 is 1.63 bits per heavy atom. The molecule has 8 nitrogen and oxygen atoms in total. The number of amides is 4. The topological polar surface area (TPSA) is 106 Å². The fraction of sp³-hybridized carbons (Fsp3) is 0.545. The van der Waals surface area contributed by atoms with Gasteiger partial charge in [-0.2, -0.15) is 0 Å². The van der Waals surface area contributed by atoms with E-state index in [-0.39, 0.29) is 30.3 Å². The first-order valence-electron chi connectivity index (χ1n) is 10.5. The van der Waals surface area contributed by atoms with E-state index in [1.807, 2.05) is 38.1 Å². The summed E-state index contributed by atoms with van der Waals surface area (Å²) in [7, 11) is 0. The molecule has 2 aliphatic rings. The average Bonchev–Trinajstić information content (AvgIpc) is 3.04. The van der Waals surface area contributed by atoms with Crippen LogP contribution in [-0.4, -0.2) is 45.2 Å². The summed E-state index contributed by atoms with van der Waals surface area (Å²) in [6.45, 7) is 8.46. The van der Waals surface area contributed by atoms with E-state index in [0.717, 1.165) is 17.5 Å². The lowest BCUT2D eigenvalue weighted by Gasteiger charge is -2.24. The standard InChI is InChI=1S/C22H31N5O3/c1-5-6-17-18(28)26(21(30)24-17)12-15-7-9-16(10-8-15)13-27-19(29)22(4,11-14(2)3)25-20(27)23/h7-10,14,17H,5-6,11-13H2,1-4H3,(H2,23,25)(H,24,30)/t17-,22?/m1/s1. The van der Waals surface area contributed by atoms with Crippen LogP contribution in [0.15, 0.2) is 24.3 Å². The number of urea groups is 1. The number of imide groups is 1. The zero-order chi connectivity index (χ0) is 22.1. The van der Waals surface area contributed by atoms with Gasteiger partial charge in [-0.05, 0) is 36.8 Å². The fourth-order valence-electron chi connectivity index (χ4n) is 4.21. The molecule has 0 radical (unpaired) electrons. The van der Waals surface area contributed by atoms with Gasteiger partial charge < -0.3 is 10.6 Å². The first-order valence-corrected chi connectivity index (χ1v) is 10.5. The van der Waals surface area contributed by atoms with Crippen molar-refractivity contribution in [1.29, 1.82) is 5.41 Å². The Morgan fingerprint density at radius 1 is 1.07 bits per heavy atom. The molecule has 0 bridgehead atoms. The minimum Gasteiger partial charge on any atom is -0.342 e. The van der Waals surface area contributed by atoms with Gasteiger partial charge in [-0.25, -0.2) is 4.79 Å². The predicted molar refractivity (Wildman–Crippen MR) is 113 cm³/mol. The van der Waals surface area contributed by atoms with Gasteiger partial charge >= 0.3 is 6.03 Å². The highest BCUT2D eigenvalue weighted by atomic mass is 16.2. The van der Waals surface area contributed by atoms with Crippen LogP contribution in [0.1, 0.15) is 58.1 Å². The number of nitrogens with one attached hydrogen (secondary N) is 3. The van der Waals surface area contributed by atoms with Crippen LogP contribution in [0.5, 0.6) is 0 Å². The van der Waals surface area contributed by atoms with Crippen molar-refractivity contribution in [3.63, 3.8) is 0 Å². The van der Waals surface area contributed by atoms with Crippen LogP contribution in [-0.2, 0) is 22.7 Å². The second kappa shape index (κ2) is 8.45. The Hall–Kier alpha value is -2.90. The third-order valence-corrected chi connectivity index (χ3v) is 5.59. The molecule has 3 rings (SSSR count). The molecule has 3 N–H and O–H groups in total. The highest BCUT2D eigenvalue weighted by molar-refractivity contribution is 6.07. The molecule has 0 aliphatic carbocycles. The first kappa shape index (κ1) is 21.8. The SMILES string of the molecule is CCC[C@H]1NC(=O)N(Cc2ccc(CN3C(=N)NC(C)(CC(C)C)C3=O)cc2)C1=O. The van der Waals surface area contributed by atoms with Crippen LogP contribution in [0.25, 0.3) is 0 Å². The summed E-state index contributed by atoms with van der Waals surface area (Å²) in [6.07, 6.45) is 2.13. The molecule has 162 valence electrons. The van der Waals surface area contributed by atoms with Crippen molar-refractivity contribution in [2.24, 2.45) is 5.92 Å². The molecular weight excluding hydrogens is 382 g/mol. The highest BCUT2D eigenvalue weighted by Crippen LogP contribution is 2.26. The molecule has 30 heavy (non-hydrogen) atoms. The van der Waals surface area contributed by atoms with Gasteiger partial charge in [0, 0.05) is 0 Å². The van der Waals surface area contributed by atoms with E-state index in [9.17, 15) is 14.4 Å². The molecule has 8 heteroatoms. The van der Waals surface area contributed by atoms with Gasteiger partial charge in [0.1, 0.15) is 11.6 Å². The summed E-state index contributed by atoms with van der Waals surface area (Å²) in [5.74, 6) is 0.179. The average molecular weight is 414 g/mol. The Labute approximate surface area is 177 Å². The van der Waals surface area contributed by atoms with Gasteiger partial charge in [0.05, 0.1) is 13.1 Å². The summed E-state index contributed by atoms with van der Waals surface area (Å²) in [4.78, 5) is 40.1. The number of nitrogens with zero attached hydrogens (tertiary/aromatic N) is 2. The first-order chi connectivity index (χ1) is 14.1. The Kier molecular flexibility index (Phi) is 6.14. The van der Waals surface area contributed by atoms with E-state index in [1.54, 1.807) is 0 Å². The van der Waals surface area contributed by atoms with Crippen LogP contribution in [0.4, 0.5) is 4.79 Å².